The van der Waals surface area contributed by atoms with E-state index in [0.29, 0.717) is 0 Å². The molecule has 3 aromatic rings. The van der Waals surface area contributed by atoms with Crippen molar-refractivity contribution in [2.24, 2.45) is 0 Å². The number of aromatic nitrogens is 4. The molecular weight excluding hydrogens is 238 g/mol. The van der Waals surface area contributed by atoms with Gasteiger partial charge in [-0.2, -0.15) is 5.10 Å². The molecule has 96 valence electrons. The molecule has 5 nitrogen and oxygen atoms in total. The number of H-pyrrole nitrogens is 1. The van der Waals surface area contributed by atoms with Crippen LogP contribution in [0.4, 0.5) is 5.82 Å². The second-order valence-corrected chi connectivity index (χ2v) is 4.35. The Morgan fingerprint density at radius 2 is 2.05 bits per heavy atom. The number of anilines is 1. The second kappa shape index (κ2) is 5.48. The van der Waals surface area contributed by atoms with Crippen molar-refractivity contribution in [3.8, 4) is 0 Å². The van der Waals surface area contributed by atoms with Crippen LogP contribution in [-0.2, 0) is 6.42 Å². The van der Waals surface area contributed by atoms with Crippen molar-refractivity contribution in [3.05, 3.63) is 48.5 Å². The van der Waals surface area contributed by atoms with Crippen LogP contribution in [0.2, 0.25) is 0 Å². The maximum Gasteiger partial charge on any atom is 0.137 e. The van der Waals surface area contributed by atoms with E-state index >= 15 is 0 Å². The highest BCUT2D eigenvalue weighted by Crippen LogP contribution is 2.14. The number of fused-ring (bicyclic) bond motifs is 1. The number of pyridine rings is 1. The number of rotatable bonds is 5. The number of hydrogen-bond acceptors (Lipinski definition) is 4. The predicted octanol–water partition coefficient (Wildman–Crippen LogP) is 2.40. The number of para-hydroxylation sites is 1. The fourth-order valence-electron chi connectivity index (χ4n) is 1.99. The maximum absolute atomic E-state index is 4.56. The zero-order valence-corrected chi connectivity index (χ0v) is 10.5. The molecule has 0 amide bonds. The Hall–Kier alpha value is -2.43. The fourth-order valence-corrected chi connectivity index (χ4v) is 1.99. The van der Waals surface area contributed by atoms with Crippen molar-refractivity contribution in [2.75, 3.05) is 11.9 Å². The van der Waals surface area contributed by atoms with Gasteiger partial charge in [0.1, 0.15) is 18.0 Å². The topological polar surface area (TPSA) is 66.5 Å². The number of hydrogen-bond donors (Lipinski definition) is 2. The van der Waals surface area contributed by atoms with E-state index in [1.54, 1.807) is 0 Å². The maximum atomic E-state index is 4.56. The first-order valence-electron chi connectivity index (χ1n) is 6.36. The number of nitrogens with zero attached hydrogens (tertiary/aromatic N) is 3. The van der Waals surface area contributed by atoms with E-state index < -0.39 is 0 Å². The Labute approximate surface area is 111 Å². The lowest BCUT2D eigenvalue weighted by atomic mass is 10.2. The minimum Gasteiger partial charge on any atom is -0.370 e. The second-order valence-electron chi connectivity index (χ2n) is 4.35. The van der Waals surface area contributed by atoms with Crippen LogP contribution in [-0.4, -0.2) is 26.7 Å². The lowest BCUT2D eigenvalue weighted by Crippen LogP contribution is -2.05. The normalized spacial score (nSPS) is 10.7. The van der Waals surface area contributed by atoms with Gasteiger partial charge in [-0.1, -0.05) is 18.2 Å². The van der Waals surface area contributed by atoms with E-state index in [1.165, 1.54) is 6.33 Å². The highest BCUT2D eigenvalue weighted by Gasteiger charge is 1.98. The summed E-state index contributed by atoms with van der Waals surface area (Å²) in [6.45, 7) is 0.867. The summed E-state index contributed by atoms with van der Waals surface area (Å²) in [6, 6.07) is 12.2. The smallest absolute Gasteiger partial charge is 0.137 e. The van der Waals surface area contributed by atoms with Crippen LogP contribution in [0, 0.1) is 0 Å². The summed E-state index contributed by atoms with van der Waals surface area (Å²) in [7, 11) is 0. The van der Waals surface area contributed by atoms with Gasteiger partial charge >= 0.3 is 0 Å². The fraction of sp³-hybridized carbons (Fsp3) is 0.214. The lowest BCUT2D eigenvalue weighted by Gasteiger charge is -2.05. The Morgan fingerprint density at radius 3 is 2.95 bits per heavy atom. The van der Waals surface area contributed by atoms with Crippen molar-refractivity contribution in [1.82, 2.24) is 20.2 Å². The molecule has 0 bridgehead atoms. The summed E-state index contributed by atoms with van der Waals surface area (Å²) in [5.41, 5.74) is 1.02. The molecule has 5 heteroatoms. The van der Waals surface area contributed by atoms with Crippen LogP contribution in [0.1, 0.15) is 12.2 Å². The number of aryl methyl sites for hydroxylation is 1. The quantitative estimate of drug-likeness (QED) is 0.685. The SMILES string of the molecule is c1ccc2nc(NCCCc3ncn[nH]3)ccc2c1. The minimum absolute atomic E-state index is 0.867. The van der Waals surface area contributed by atoms with E-state index in [1.807, 2.05) is 24.3 Å². The van der Waals surface area contributed by atoms with Crippen LogP contribution in [0.5, 0.6) is 0 Å². The van der Waals surface area contributed by atoms with Gasteiger partial charge in [0.25, 0.3) is 0 Å². The first-order valence-corrected chi connectivity index (χ1v) is 6.36. The molecule has 2 heterocycles. The monoisotopic (exact) mass is 253 g/mol. The Balaban J connectivity index is 1.56. The molecule has 0 saturated carbocycles. The summed E-state index contributed by atoms with van der Waals surface area (Å²) in [5.74, 6) is 1.84. The molecule has 0 saturated heterocycles. The van der Waals surface area contributed by atoms with E-state index in [4.69, 9.17) is 0 Å². The minimum atomic E-state index is 0.867. The van der Waals surface area contributed by atoms with Gasteiger partial charge in [0, 0.05) is 18.4 Å². The highest BCUT2D eigenvalue weighted by atomic mass is 15.2. The van der Waals surface area contributed by atoms with Crippen molar-refractivity contribution in [2.45, 2.75) is 12.8 Å². The van der Waals surface area contributed by atoms with Gasteiger partial charge in [0.2, 0.25) is 0 Å². The van der Waals surface area contributed by atoms with Crippen LogP contribution in [0.15, 0.2) is 42.7 Å². The molecule has 2 aromatic heterocycles. The molecule has 0 atom stereocenters. The first kappa shape index (κ1) is 11.6. The van der Waals surface area contributed by atoms with Gasteiger partial charge < -0.3 is 5.32 Å². The van der Waals surface area contributed by atoms with Crippen LogP contribution >= 0.6 is 0 Å². The Morgan fingerprint density at radius 1 is 1.11 bits per heavy atom. The van der Waals surface area contributed by atoms with Crippen LogP contribution in [0.25, 0.3) is 10.9 Å². The van der Waals surface area contributed by atoms with Crippen LogP contribution < -0.4 is 5.32 Å². The van der Waals surface area contributed by atoms with Gasteiger partial charge in [-0.25, -0.2) is 9.97 Å². The number of benzene rings is 1. The molecule has 0 spiro atoms. The third-order valence-corrected chi connectivity index (χ3v) is 2.96. The predicted molar refractivity (Wildman–Crippen MR) is 74.9 cm³/mol. The summed E-state index contributed by atoms with van der Waals surface area (Å²) in [6.07, 6.45) is 3.41. The number of aromatic amines is 1. The third-order valence-electron chi connectivity index (χ3n) is 2.96. The van der Waals surface area contributed by atoms with E-state index in [2.05, 4.69) is 37.6 Å². The molecule has 0 aliphatic carbocycles. The summed E-state index contributed by atoms with van der Waals surface area (Å²) >= 11 is 0. The molecule has 1 aromatic carbocycles. The average molecular weight is 253 g/mol. The molecular formula is C14H15N5. The molecule has 0 fully saturated rings. The van der Waals surface area contributed by atoms with Crippen LogP contribution in [0.3, 0.4) is 0 Å². The van der Waals surface area contributed by atoms with Gasteiger partial charge in [-0.05, 0) is 24.6 Å². The van der Waals surface area contributed by atoms with Crippen molar-refractivity contribution < 1.29 is 0 Å². The van der Waals surface area contributed by atoms with Crippen molar-refractivity contribution in [3.63, 3.8) is 0 Å². The molecule has 0 radical (unpaired) electrons. The standard InChI is InChI=1S/C14H15N5/c1-2-5-12-11(4-1)7-8-13(18-12)15-9-3-6-14-16-10-17-19-14/h1-2,4-5,7-8,10H,3,6,9H2,(H,15,18)(H,16,17,19). The van der Waals surface area contributed by atoms with E-state index in [-0.39, 0.29) is 0 Å². The first-order chi connectivity index (χ1) is 9.42. The van der Waals surface area contributed by atoms with E-state index in [9.17, 15) is 0 Å². The molecule has 0 aliphatic heterocycles. The Bertz CT molecular complexity index is 648. The largest absolute Gasteiger partial charge is 0.370 e. The lowest BCUT2D eigenvalue weighted by molar-refractivity contribution is 0.804. The molecule has 19 heavy (non-hydrogen) atoms. The van der Waals surface area contributed by atoms with Gasteiger partial charge in [0.15, 0.2) is 0 Å². The molecule has 3 rings (SSSR count). The summed E-state index contributed by atoms with van der Waals surface area (Å²) in [4.78, 5) is 8.65. The van der Waals surface area contributed by atoms with Gasteiger partial charge in [-0.15, -0.1) is 0 Å². The third kappa shape index (κ3) is 2.88. The van der Waals surface area contributed by atoms with Crippen molar-refractivity contribution >= 4 is 16.7 Å². The van der Waals surface area contributed by atoms with Crippen molar-refractivity contribution in [1.29, 1.82) is 0 Å². The zero-order chi connectivity index (χ0) is 12.9. The van der Waals surface area contributed by atoms with E-state index in [0.717, 1.165) is 41.9 Å². The zero-order valence-electron chi connectivity index (χ0n) is 10.5. The molecule has 0 aliphatic rings. The van der Waals surface area contributed by atoms with Gasteiger partial charge in [0.05, 0.1) is 5.52 Å². The summed E-state index contributed by atoms with van der Waals surface area (Å²) < 4.78 is 0. The number of nitrogens with one attached hydrogen (secondary N) is 2. The molecule has 2 N–H and O–H groups in total. The Kier molecular flexibility index (Phi) is 3.36. The average Bonchev–Trinajstić information content (AvgIpc) is 2.97. The molecule has 0 unspecified atom stereocenters. The van der Waals surface area contributed by atoms with Gasteiger partial charge in [-0.3, -0.25) is 5.10 Å². The summed E-state index contributed by atoms with van der Waals surface area (Å²) in [5, 5.41) is 11.2. The highest BCUT2D eigenvalue weighted by molar-refractivity contribution is 5.79.